The monoisotopic (exact) mass is 209 g/mol. The van der Waals surface area contributed by atoms with E-state index >= 15 is 0 Å². The van der Waals surface area contributed by atoms with Gasteiger partial charge in [0, 0.05) is 19.1 Å². The Bertz CT molecular complexity index is 231. The third-order valence-corrected chi connectivity index (χ3v) is 3.86. The first-order valence-electron chi connectivity index (χ1n) is 6.39. The van der Waals surface area contributed by atoms with Crippen LogP contribution in [0, 0.1) is 5.92 Å². The first kappa shape index (κ1) is 10.8. The van der Waals surface area contributed by atoms with Gasteiger partial charge in [-0.15, -0.1) is 0 Å². The topological polar surface area (TPSA) is 41.6 Å². The van der Waals surface area contributed by atoms with Gasteiger partial charge in [-0.3, -0.25) is 4.99 Å². The molecule has 1 atom stereocenters. The van der Waals surface area contributed by atoms with E-state index in [1.54, 1.807) is 0 Å². The summed E-state index contributed by atoms with van der Waals surface area (Å²) in [7, 11) is 0. The minimum Gasteiger partial charge on any atom is -0.370 e. The Labute approximate surface area is 92.7 Å². The minimum atomic E-state index is 0.697. The third-order valence-electron chi connectivity index (χ3n) is 3.86. The van der Waals surface area contributed by atoms with Crippen LogP contribution in [0.2, 0.25) is 0 Å². The van der Waals surface area contributed by atoms with Gasteiger partial charge in [-0.1, -0.05) is 12.8 Å². The predicted molar refractivity (Wildman–Crippen MR) is 63.8 cm³/mol. The van der Waals surface area contributed by atoms with E-state index in [0.29, 0.717) is 6.04 Å². The molecule has 1 heterocycles. The van der Waals surface area contributed by atoms with E-state index < -0.39 is 0 Å². The molecule has 2 rings (SSSR count). The van der Waals surface area contributed by atoms with Crippen LogP contribution in [0.15, 0.2) is 4.99 Å². The van der Waals surface area contributed by atoms with Gasteiger partial charge in [0.15, 0.2) is 5.96 Å². The Morgan fingerprint density at radius 3 is 2.67 bits per heavy atom. The highest BCUT2D eigenvalue weighted by molar-refractivity contribution is 5.78. The van der Waals surface area contributed by atoms with E-state index in [-0.39, 0.29) is 0 Å². The first-order chi connectivity index (χ1) is 7.33. The number of nitrogens with two attached hydrogens (primary N) is 1. The molecule has 15 heavy (non-hydrogen) atoms. The maximum Gasteiger partial charge on any atom is 0.191 e. The summed E-state index contributed by atoms with van der Waals surface area (Å²) in [4.78, 5) is 6.71. The summed E-state index contributed by atoms with van der Waals surface area (Å²) in [6, 6.07) is 0.697. The largest absolute Gasteiger partial charge is 0.370 e. The van der Waals surface area contributed by atoms with Crippen molar-refractivity contribution >= 4 is 5.96 Å². The molecular formula is C12H23N3. The number of likely N-dealkylation sites (tertiary alicyclic amines) is 1. The second-order valence-corrected chi connectivity index (χ2v) is 4.78. The molecule has 1 saturated carbocycles. The Morgan fingerprint density at radius 2 is 2.00 bits per heavy atom. The maximum absolute atomic E-state index is 6.02. The van der Waals surface area contributed by atoms with Crippen molar-refractivity contribution < 1.29 is 0 Å². The van der Waals surface area contributed by atoms with Crippen molar-refractivity contribution in [3.63, 3.8) is 0 Å². The van der Waals surface area contributed by atoms with Gasteiger partial charge >= 0.3 is 0 Å². The molecule has 1 unspecified atom stereocenters. The Morgan fingerprint density at radius 1 is 1.27 bits per heavy atom. The highest BCUT2D eigenvalue weighted by atomic mass is 15.3. The average molecular weight is 209 g/mol. The highest BCUT2D eigenvalue weighted by Crippen LogP contribution is 2.35. The lowest BCUT2D eigenvalue weighted by molar-refractivity contribution is 0.278. The zero-order chi connectivity index (χ0) is 10.7. The lowest BCUT2D eigenvalue weighted by Crippen LogP contribution is -2.43. The predicted octanol–water partition coefficient (Wildman–Crippen LogP) is 1.98. The fraction of sp³-hybridized carbons (Fsp3) is 0.917. The van der Waals surface area contributed by atoms with Crippen molar-refractivity contribution in [1.29, 1.82) is 0 Å². The third kappa shape index (κ3) is 2.27. The van der Waals surface area contributed by atoms with Crippen molar-refractivity contribution in [3.05, 3.63) is 0 Å². The van der Waals surface area contributed by atoms with Gasteiger partial charge in [0.2, 0.25) is 0 Å². The summed E-state index contributed by atoms with van der Waals surface area (Å²) in [6.45, 7) is 3.98. The standard InChI is InChI=1S/C12H23N3/c1-2-14-12(13)15-9-5-8-11(15)10-6-3-4-7-10/h10-11H,2-9H2,1H3,(H2,13,14). The zero-order valence-corrected chi connectivity index (χ0v) is 9.78. The molecule has 0 aromatic rings. The Hall–Kier alpha value is -0.730. The lowest BCUT2D eigenvalue weighted by atomic mass is 9.96. The molecular weight excluding hydrogens is 186 g/mol. The number of guanidine groups is 1. The van der Waals surface area contributed by atoms with Gasteiger partial charge < -0.3 is 10.6 Å². The fourth-order valence-corrected chi connectivity index (χ4v) is 3.16. The van der Waals surface area contributed by atoms with Crippen LogP contribution < -0.4 is 5.73 Å². The quantitative estimate of drug-likeness (QED) is 0.558. The summed E-state index contributed by atoms with van der Waals surface area (Å²) in [5.41, 5.74) is 6.02. The number of hydrogen-bond donors (Lipinski definition) is 1. The van der Waals surface area contributed by atoms with Crippen molar-refractivity contribution in [2.45, 2.75) is 51.5 Å². The molecule has 2 fully saturated rings. The van der Waals surface area contributed by atoms with Gasteiger partial charge in [0.05, 0.1) is 0 Å². The van der Waals surface area contributed by atoms with Crippen LogP contribution in [-0.2, 0) is 0 Å². The second kappa shape index (κ2) is 4.86. The number of rotatable bonds is 2. The van der Waals surface area contributed by atoms with Gasteiger partial charge in [0.1, 0.15) is 0 Å². The van der Waals surface area contributed by atoms with E-state index in [0.717, 1.165) is 25.0 Å². The lowest BCUT2D eigenvalue weighted by Gasteiger charge is -2.30. The molecule has 86 valence electrons. The minimum absolute atomic E-state index is 0.697. The molecule has 0 radical (unpaired) electrons. The molecule has 2 N–H and O–H groups in total. The second-order valence-electron chi connectivity index (χ2n) is 4.78. The molecule has 0 amide bonds. The molecule has 0 aromatic carbocycles. The highest BCUT2D eigenvalue weighted by Gasteiger charge is 2.34. The van der Waals surface area contributed by atoms with Crippen LogP contribution in [-0.4, -0.2) is 30.0 Å². The first-order valence-corrected chi connectivity index (χ1v) is 6.39. The molecule has 1 saturated heterocycles. The van der Waals surface area contributed by atoms with Crippen LogP contribution in [0.3, 0.4) is 0 Å². The van der Waals surface area contributed by atoms with E-state index in [4.69, 9.17) is 5.73 Å². The molecule has 0 aromatic heterocycles. The summed E-state index contributed by atoms with van der Waals surface area (Å²) in [5.74, 6) is 1.67. The van der Waals surface area contributed by atoms with Crippen LogP contribution >= 0.6 is 0 Å². The zero-order valence-electron chi connectivity index (χ0n) is 9.78. The normalized spacial score (nSPS) is 29.0. The fourth-order valence-electron chi connectivity index (χ4n) is 3.16. The molecule has 0 bridgehead atoms. The van der Waals surface area contributed by atoms with Crippen molar-refractivity contribution in [3.8, 4) is 0 Å². The van der Waals surface area contributed by atoms with Crippen LogP contribution in [0.4, 0.5) is 0 Å². The van der Waals surface area contributed by atoms with Gasteiger partial charge in [-0.25, -0.2) is 0 Å². The molecule has 3 heteroatoms. The van der Waals surface area contributed by atoms with E-state index in [1.165, 1.54) is 38.5 Å². The van der Waals surface area contributed by atoms with Crippen molar-refractivity contribution in [2.24, 2.45) is 16.6 Å². The number of aliphatic imine (C=N–C) groups is 1. The van der Waals surface area contributed by atoms with Crippen LogP contribution in [0.5, 0.6) is 0 Å². The van der Waals surface area contributed by atoms with Crippen LogP contribution in [0.25, 0.3) is 0 Å². The molecule has 2 aliphatic rings. The van der Waals surface area contributed by atoms with Gasteiger partial charge in [-0.05, 0) is 38.5 Å². The van der Waals surface area contributed by atoms with Gasteiger partial charge in [0.25, 0.3) is 0 Å². The molecule has 3 nitrogen and oxygen atoms in total. The molecule has 1 aliphatic heterocycles. The molecule has 1 aliphatic carbocycles. The van der Waals surface area contributed by atoms with E-state index in [1.807, 2.05) is 6.92 Å². The molecule has 0 spiro atoms. The Balaban J connectivity index is 2.00. The average Bonchev–Trinajstić information content (AvgIpc) is 2.88. The van der Waals surface area contributed by atoms with Crippen LogP contribution in [0.1, 0.15) is 45.4 Å². The Kier molecular flexibility index (Phi) is 3.49. The van der Waals surface area contributed by atoms with Crippen molar-refractivity contribution in [2.75, 3.05) is 13.1 Å². The summed E-state index contributed by atoms with van der Waals surface area (Å²) >= 11 is 0. The maximum atomic E-state index is 6.02. The van der Waals surface area contributed by atoms with E-state index in [9.17, 15) is 0 Å². The number of nitrogens with zero attached hydrogens (tertiary/aromatic N) is 2. The SMILES string of the molecule is CCN=C(N)N1CCCC1C1CCCC1. The number of hydrogen-bond acceptors (Lipinski definition) is 1. The summed E-state index contributed by atoms with van der Waals surface area (Å²) in [5, 5.41) is 0. The summed E-state index contributed by atoms with van der Waals surface area (Å²) in [6.07, 6.45) is 8.26. The van der Waals surface area contributed by atoms with E-state index in [2.05, 4.69) is 9.89 Å². The van der Waals surface area contributed by atoms with Crippen molar-refractivity contribution in [1.82, 2.24) is 4.90 Å². The van der Waals surface area contributed by atoms with Gasteiger partial charge in [-0.2, -0.15) is 0 Å². The smallest absolute Gasteiger partial charge is 0.191 e. The summed E-state index contributed by atoms with van der Waals surface area (Å²) < 4.78 is 0.